The molecule has 3 aromatic rings. The van der Waals surface area contributed by atoms with Crippen molar-refractivity contribution in [1.29, 1.82) is 0 Å². The van der Waals surface area contributed by atoms with Crippen LogP contribution < -0.4 is 4.74 Å². The normalized spacial score (nSPS) is 10.7. The Balaban J connectivity index is 1.76. The van der Waals surface area contributed by atoms with Crippen LogP contribution in [0.3, 0.4) is 0 Å². The maximum atomic E-state index is 13.6. The van der Waals surface area contributed by atoms with Gasteiger partial charge in [0.05, 0.1) is 16.9 Å². The number of ether oxygens (including phenoxy) is 1. The van der Waals surface area contributed by atoms with E-state index in [9.17, 15) is 4.39 Å². The molecule has 0 aliphatic carbocycles. The van der Waals surface area contributed by atoms with Crippen LogP contribution in [0.1, 0.15) is 5.56 Å². The molecule has 0 amide bonds. The number of aliphatic hydroxyl groups excluding tert-OH is 1. The molecule has 3 rings (SSSR count). The molecule has 23 heavy (non-hydrogen) atoms. The third kappa shape index (κ3) is 3.67. The second kappa shape index (κ2) is 6.76. The second-order valence-electron chi connectivity index (χ2n) is 4.80. The number of nitrogens with zero attached hydrogens (tertiary/aromatic N) is 3. The highest BCUT2D eigenvalue weighted by molar-refractivity contribution is 6.30. The highest BCUT2D eigenvalue weighted by Crippen LogP contribution is 2.24. The van der Waals surface area contributed by atoms with Gasteiger partial charge in [-0.2, -0.15) is 5.10 Å². The number of rotatable bonds is 5. The summed E-state index contributed by atoms with van der Waals surface area (Å²) in [7, 11) is 0. The largest absolute Gasteiger partial charge is 0.436 e. The maximum absolute atomic E-state index is 13.6. The summed E-state index contributed by atoms with van der Waals surface area (Å²) in [6.45, 7) is 0.0815. The molecular formula is C16H13ClFN3O2. The smallest absolute Gasteiger partial charge is 0.255 e. The van der Waals surface area contributed by atoms with Crippen LogP contribution in [0.5, 0.6) is 11.6 Å². The van der Waals surface area contributed by atoms with Crippen molar-refractivity contribution in [2.75, 3.05) is 6.61 Å². The number of hydrogen-bond donors (Lipinski definition) is 1. The number of aliphatic hydroxyl groups is 1. The minimum atomic E-state index is -0.623. The van der Waals surface area contributed by atoms with Crippen molar-refractivity contribution in [2.45, 2.75) is 6.42 Å². The SMILES string of the molecule is OCCc1cnn(-c2ccc(Oc3ncc(Cl)cc3F)cc2)c1. The molecule has 1 N–H and O–H groups in total. The lowest BCUT2D eigenvalue weighted by molar-refractivity contribution is 0.299. The van der Waals surface area contributed by atoms with Crippen LogP contribution >= 0.6 is 11.6 Å². The standard InChI is InChI=1S/C16H13ClFN3O2/c17-12-7-15(18)16(19-9-12)23-14-3-1-13(2-4-14)21-10-11(5-6-22)8-20-21/h1-4,7-10,22H,5-6H2. The van der Waals surface area contributed by atoms with Crippen LogP contribution in [-0.2, 0) is 6.42 Å². The van der Waals surface area contributed by atoms with Gasteiger partial charge < -0.3 is 9.84 Å². The Morgan fingerprint density at radius 2 is 2.00 bits per heavy atom. The Kier molecular flexibility index (Phi) is 4.55. The van der Waals surface area contributed by atoms with Gasteiger partial charge in [-0.1, -0.05) is 11.6 Å². The molecule has 0 unspecified atom stereocenters. The van der Waals surface area contributed by atoms with Crippen molar-refractivity contribution in [3.63, 3.8) is 0 Å². The molecule has 118 valence electrons. The molecule has 0 bridgehead atoms. The molecule has 0 aliphatic heterocycles. The second-order valence-corrected chi connectivity index (χ2v) is 5.24. The molecule has 1 aromatic carbocycles. The van der Waals surface area contributed by atoms with Crippen LogP contribution in [0, 0.1) is 5.82 Å². The minimum Gasteiger partial charge on any atom is -0.436 e. The van der Waals surface area contributed by atoms with E-state index < -0.39 is 5.82 Å². The Morgan fingerprint density at radius 3 is 2.70 bits per heavy atom. The summed E-state index contributed by atoms with van der Waals surface area (Å²) in [4.78, 5) is 3.81. The zero-order valence-corrected chi connectivity index (χ0v) is 12.7. The molecule has 0 atom stereocenters. The average Bonchev–Trinajstić information content (AvgIpc) is 3.00. The number of pyridine rings is 1. The highest BCUT2D eigenvalue weighted by Gasteiger charge is 2.08. The van der Waals surface area contributed by atoms with Crippen molar-refractivity contribution in [3.05, 3.63) is 65.3 Å². The van der Waals surface area contributed by atoms with Gasteiger partial charge in [0.1, 0.15) is 5.75 Å². The van der Waals surface area contributed by atoms with Gasteiger partial charge in [-0.25, -0.2) is 14.1 Å². The van der Waals surface area contributed by atoms with Crippen molar-refractivity contribution >= 4 is 11.6 Å². The van der Waals surface area contributed by atoms with Gasteiger partial charge in [-0.05, 0) is 42.3 Å². The summed E-state index contributed by atoms with van der Waals surface area (Å²) in [5.74, 6) is -0.307. The fraction of sp³-hybridized carbons (Fsp3) is 0.125. The number of aromatic nitrogens is 3. The lowest BCUT2D eigenvalue weighted by atomic mass is 10.2. The summed E-state index contributed by atoms with van der Waals surface area (Å²) in [5.41, 5.74) is 1.77. The lowest BCUT2D eigenvalue weighted by Gasteiger charge is -2.07. The third-order valence-electron chi connectivity index (χ3n) is 3.13. The van der Waals surface area contributed by atoms with Gasteiger partial charge in [0, 0.05) is 19.0 Å². The third-order valence-corrected chi connectivity index (χ3v) is 3.33. The van der Waals surface area contributed by atoms with Gasteiger partial charge in [0.2, 0.25) is 0 Å². The Hall–Kier alpha value is -2.44. The van der Waals surface area contributed by atoms with Crippen molar-refractivity contribution in [2.24, 2.45) is 0 Å². The van der Waals surface area contributed by atoms with E-state index in [2.05, 4.69) is 10.1 Å². The first-order valence-electron chi connectivity index (χ1n) is 6.89. The van der Waals surface area contributed by atoms with E-state index in [1.165, 1.54) is 6.20 Å². The van der Waals surface area contributed by atoms with Crippen LogP contribution in [0.4, 0.5) is 4.39 Å². The predicted octanol–water partition coefficient (Wildman–Crippen LogP) is 3.39. The van der Waals surface area contributed by atoms with E-state index in [4.69, 9.17) is 21.4 Å². The van der Waals surface area contributed by atoms with Gasteiger partial charge >= 0.3 is 0 Å². The van der Waals surface area contributed by atoms with E-state index in [0.29, 0.717) is 12.2 Å². The first-order chi connectivity index (χ1) is 11.2. The fourth-order valence-electron chi connectivity index (χ4n) is 2.02. The molecule has 7 heteroatoms. The average molecular weight is 334 g/mol. The lowest BCUT2D eigenvalue weighted by Crippen LogP contribution is -1.95. The molecule has 0 spiro atoms. The summed E-state index contributed by atoms with van der Waals surface area (Å²) in [6.07, 6.45) is 5.42. The van der Waals surface area contributed by atoms with E-state index in [-0.39, 0.29) is 17.5 Å². The number of hydrogen-bond acceptors (Lipinski definition) is 4. The van der Waals surface area contributed by atoms with Gasteiger partial charge in [0.25, 0.3) is 5.88 Å². The monoisotopic (exact) mass is 333 g/mol. The summed E-state index contributed by atoms with van der Waals surface area (Å²) in [5, 5.41) is 13.3. The summed E-state index contributed by atoms with van der Waals surface area (Å²) >= 11 is 5.65. The first-order valence-corrected chi connectivity index (χ1v) is 7.27. The molecule has 0 radical (unpaired) electrons. The van der Waals surface area contributed by atoms with Crippen molar-refractivity contribution < 1.29 is 14.2 Å². The zero-order valence-electron chi connectivity index (χ0n) is 12.0. The Bertz CT molecular complexity index is 805. The van der Waals surface area contributed by atoms with Crippen LogP contribution in [-0.4, -0.2) is 26.5 Å². The molecular weight excluding hydrogens is 321 g/mol. The molecule has 2 heterocycles. The predicted molar refractivity (Wildman–Crippen MR) is 83.6 cm³/mol. The highest BCUT2D eigenvalue weighted by atomic mass is 35.5. The van der Waals surface area contributed by atoms with Crippen molar-refractivity contribution in [3.8, 4) is 17.3 Å². The van der Waals surface area contributed by atoms with E-state index in [0.717, 1.165) is 17.3 Å². The molecule has 2 aromatic heterocycles. The van der Waals surface area contributed by atoms with Gasteiger partial charge in [-0.15, -0.1) is 0 Å². The fourth-order valence-corrected chi connectivity index (χ4v) is 2.16. The van der Waals surface area contributed by atoms with Crippen molar-refractivity contribution in [1.82, 2.24) is 14.8 Å². The van der Waals surface area contributed by atoms with Crippen LogP contribution in [0.25, 0.3) is 5.69 Å². The Labute approximate surface area is 136 Å². The maximum Gasteiger partial charge on any atom is 0.255 e. The van der Waals surface area contributed by atoms with Gasteiger partial charge in [0.15, 0.2) is 5.82 Å². The van der Waals surface area contributed by atoms with E-state index in [1.54, 1.807) is 35.1 Å². The summed E-state index contributed by atoms with van der Waals surface area (Å²) in [6, 6.07) is 8.11. The number of benzene rings is 1. The molecule has 0 fully saturated rings. The van der Waals surface area contributed by atoms with E-state index >= 15 is 0 Å². The van der Waals surface area contributed by atoms with Crippen LogP contribution in [0.2, 0.25) is 5.02 Å². The molecule has 0 aliphatic rings. The first kappa shape index (κ1) is 15.5. The van der Waals surface area contributed by atoms with Crippen LogP contribution in [0.15, 0.2) is 48.9 Å². The topological polar surface area (TPSA) is 60.2 Å². The Morgan fingerprint density at radius 1 is 1.22 bits per heavy atom. The minimum absolute atomic E-state index is 0.0815. The molecule has 5 nitrogen and oxygen atoms in total. The van der Waals surface area contributed by atoms with E-state index in [1.807, 2.05) is 6.20 Å². The molecule has 0 saturated heterocycles. The zero-order chi connectivity index (χ0) is 16.2. The number of halogens is 2. The van der Waals surface area contributed by atoms with Gasteiger partial charge in [-0.3, -0.25) is 0 Å². The summed E-state index contributed by atoms with van der Waals surface area (Å²) < 4.78 is 20.7. The molecule has 0 saturated carbocycles. The quantitative estimate of drug-likeness (QED) is 0.777.